The van der Waals surface area contributed by atoms with Crippen LogP contribution in [0.3, 0.4) is 0 Å². The van der Waals surface area contributed by atoms with Crippen molar-refractivity contribution in [1.82, 2.24) is 19.0 Å². The van der Waals surface area contributed by atoms with E-state index in [1.807, 2.05) is 33.9 Å². The van der Waals surface area contributed by atoms with Crippen LogP contribution in [0.25, 0.3) is 11.2 Å². The number of amides is 1. The lowest BCUT2D eigenvalue weighted by atomic mass is 10.2. The molecule has 0 bridgehead atoms. The zero-order valence-electron chi connectivity index (χ0n) is 12.7. The second-order valence-electron chi connectivity index (χ2n) is 5.76. The first-order valence-corrected chi connectivity index (χ1v) is 8.44. The number of hydrogen-bond donors (Lipinski definition) is 0. The fourth-order valence-corrected chi connectivity index (χ4v) is 3.86. The van der Waals surface area contributed by atoms with Gasteiger partial charge in [0.25, 0.3) is 5.91 Å². The van der Waals surface area contributed by atoms with Gasteiger partial charge >= 0.3 is 5.69 Å². The van der Waals surface area contributed by atoms with Crippen LogP contribution >= 0.6 is 11.3 Å². The average molecular weight is 328 g/mol. The van der Waals surface area contributed by atoms with Gasteiger partial charge in [-0.3, -0.25) is 13.9 Å². The predicted octanol–water partition coefficient (Wildman–Crippen LogP) is 1.88. The van der Waals surface area contributed by atoms with Gasteiger partial charge in [0.1, 0.15) is 0 Å². The SMILES string of the molecule is Cn1c(=O)n([C@@H]2CCN(C(=O)c3ccsc3)C2)c2ncccc21. The van der Waals surface area contributed by atoms with Crippen LogP contribution in [0.2, 0.25) is 0 Å². The molecule has 0 N–H and O–H groups in total. The minimum atomic E-state index is -0.0754. The predicted molar refractivity (Wildman–Crippen MR) is 88.9 cm³/mol. The Morgan fingerprint density at radius 3 is 3.04 bits per heavy atom. The summed E-state index contributed by atoms with van der Waals surface area (Å²) in [4.78, 5) is 31.2. The number of thiophene rings is 1. The van der Waals surface area contributed by atoms with E-state index in [2.05, 4.69) is 4.98 Å². The summed E-state index contributed by atoms with van der Waals surface area (Å²) >= 11 is 1.52. The number of carbonyl (C=O) groups excluding carboxylic acids is 1. The second kappa shape index (κ2) is 5.34. The number of likely N-dealkylation sites (tertiary alicyclic amines) is 1. The minimum absolute atomic E-state index is 0.0244. The maximum atomic E-state index is 12.6. The Labute approximate surface area is 136 Å². The number of hydrogen-bond acceptors (Lipinski definition) is 4. The summed E-state index contributed by atoms with van der Waals surface area (Å²) in [6, 6.07) is 5.53. The van der Waals surface area contributed by atoms with Gasteiger partial charge < -0.3 is 4.90 Å². The summed E-state index contributed by atoms with van der Waals surface area (Å²) in [5.41, 5.74) is 2.16. The van der Waals surface area contributed by atoms with E-state index in [0.717, 1.165) is 17.5 Å². The van der Waals surface area contributed by atoms with E-state index < -0.39 is 0 Å². The quantitative estimate of drug-likeness (QED) is 0.722. The highest BCUT2D eigenvalue weighted by Gasteiger charge is 2.31. The van der Waals surface area contributed by atoms with Crippen molar-refractivity contribution < 1.29 is 4.79 Å². The molecule has 23 heavy (non-hydrogen) atoms. The molecule has 0 spiro atoms. The topological polar surface area (TPSA) is 60.1 Å². The highest BCUT2D eigenvalue weighted by molar-refractivity contribution is 7.08. The molecule has 1 amide bonds. The monoisotopic (exact) mass is 328 g/mol. The Morgan fingerprint density at radius 2 is 2.26 bits per heavy atom. The smallest absolute Gasteiger partial charge is 0.330 e. The van der Waals surface area contributed by atoms with Gasteiger partial charge in [0.05, 0.1) is 17.1 Å². The molecule has 0 radical (unpaired) electrons. The standard InChI is InChI=1S/C16H16N4O2S/c1-18-13-3-2-6-17-14(13)20(16(18)22)12-4-7-19(9-12)15(21)11-5-8-23-10-11/h2-3,5-6,8,10,12H,4,7,9H2,1H3/t12-/m1/s1. The van der Waals surface area contributed by atoms with Gasteiger partial charge in [0.15, 0.2) is 5.65 Å². The lowest BCUT2D eigenvalue weighted by Crippen LogP contribution is -2.31. The van der Waals surface area contributed by atoms with Crippen molar-refractivity contribution in [3.8, 4) is 0 Å². The molecule has 6 nitrogen and oxygen atoms in total. The maximum Gasteiger partial charge on any atom is 0.330 e. The number of rotatable bonds is 2. The molecule has 3 aromatic heterocycles. The third-order valence-electron chi connectivity index (χ3n) is 4.43. The van der Waals surface area contributed by atoms with E-state index in [1.54, 1.807) is 22.4 Å². The van der Waals surface area contributed by atoms with E-state index >= 15 is 0 Å². The first kappa shape index (κ1) is 14.2. The minimum Gasteiger partial charge on any atom is -0.336 e. The highest BCUT2D eigenvalue weighted by Crippen LogP contribution is 2.25. The molecular weight excluding hydrogens is 312 g/mol. The van der Waals surface area contributed by atoms with Crippen molar-refractivity contribution in [3.63, 3.8) is 0 Å². The third-order valence-corrected chi connectivity index (χ3v) is 5.12. The van der Waals surface area contributed by atoms with Crippen LogP contribution in [0.5, 0.6) is 0 Å². The molecule has 1 atom stereocenters. The summed E-state index contributed by atoms with van der Waals surface area (Å²) in [6.45, 7) is 1.21. The Bertz CT molecular complexity index is 925. The Hall–Kier alpha value is -2.41. The number of imidazole rings is 1. The molecule has 0 saturated carbocycles. The van der Waals surface area contributed by atoms with Crippen molar-refractivity contribution in [1.29, 1.82) is 0 Å². The van der Waals surface area contributed by atoms with Gasteiger partial charge in [-0.2, -0.15) is 11.3 Å². The van der Waals surface area contributed by atoms with Crippen LogP contribution in [-0.4, -0.2) is 38.0 Å². The van der Waals surface area contributed by atoms with Gasteiger partial charge in [-0.25, -0.2) is 9.78 Å². The van der Waals surface area contributed by atoms with Gasteiger partial charge in [-0.15, -0.1) is 0 Å². The molecule has 7 heteroatoms. The average Bonchev–Trinajstić information content (AvgIpc) is 3.29. The molecule has 4 heterocycles. The molecule has 1 saturated heterocycles. The molecule has 1 aliphatic rings. The summed E-state index contributed by atoms with van der Waals surface area (Å²) in [5.74, 6) is 0.0370. The number of fused-ring (bicyclic) bond motifs is 1. The fourth-order valence-electron chi connectivity index (χ4n) is 3.23. The summed E-state index contributed by atoms with van der Waals surface area (Å²) < 4.78 is 3.35. The second-order valence-corrected chi connectivity index (χ2v) is 6.54. The van der Waals surface area contributed by atoms with Crippen LogP contribution < -0.4 is 5.69 Å². The van der Waals surface area contributed by atoms with Crippen LogP contribution in [-0.2, 0) is 7.05 Å². The van der Waals surface area contributed by atoms with Gasteiger partial charge in [-0.05, 0) is 30.0 Å². The van der Waals surface area contributed by atoms with E-state index in [1.165, 1.54) is 11.3 Å². The molecule has 0 aliphatic carbocycles. The summed E-state index contributed by atoms with van der Waals surface area (Å²) in [7, 11) is 1.76. The molecule has 1 fully saturated rings. The van der Waals surface area contributed by atoms with Gasteiger partial charge in [0, 0.05) is 31.7 Å². The van der Waals surface area contributed by atoms with Crippen molar-refractivity contribution >= 4 is 28.4 Å². The summed E-state index contributed by atoms with van der Waals surface area (Å²) in [6.07, 6.45) is 2.47. The number of pyridine rings is 1. The number of aromatic nitrogens is 3. The number of aryl methyl sites for hydroxylation is 1. The van der Waals surface area contributed by atoms with Crippen molar-refractivity contribution in [2.24, 2.45) is 7.05 Å². The highest BCUT2D eigenvalue weighted by atomic mass is 32.1. The van der Waals surface area contributed by atoms with Crippen LogP contribution in [0.4, 0.5) is 0 Å². The van der Waals surface area contributed by atoms with Crippen molar-refractivity contribution in [2.45, 2.75) is 12.5 Å². The largest absolute Gasteiger partial charge is 0.336 e. The van der Waals surface area contributed by atoms with E-state index in [0.29, 0.717) is 18.7 Å². The number of carbonyl (C=O) groups is 1. The maximum absolute atomic E-state index is 12.6. The van der Waals surface area contributed by atoms with Crippen molar-refractivity contribution in [3.05, 3.63) is 51.2 Å². The normalized spacial score (nSPS) is 18.0. The Balaban J connectivity index is 1.67. The lowest BCUT2D eigenvalue weighted by molar-refractivity contribution is 0.0788. The first-order chi connectivity index (χ1) is 11.2. The molecule has 3 aromatic rings. The van der Waals surface area contributed by atoms with E-state index in [4.69, 9.17) is 0 Å². The molecule has 4 rings (SSSR count). The Kier molecular flexibility index (Phi) is 3.30. The zero-order valence-corrected chi connectivity index (χ0v) is 13.5. The van der Waals surface area contributed by atoms with Crippen molar-refractivity contribution in [2.75, 3.05) is 13.1 Å². The van der Waals surface area contributed by atoms with Crippen LogP contribution in [0.1, 0.15) is 22.8 Å². The van der Waals surface area contributed by atoms with Gasteiger partial charge in [0.2, 0.25) is 0 Å². The molecule has 0 aromatic carbocycles. The van der Waals surface area contributed by atoms with E-state index in [-0.39, 0.29) is 17.6 Å². The molecule has 1 aliphatic heterocycles. The van der Waals surface area contributed by atoms with Crippen LogP contribution in [0, 0.1) is 0 Å². The Morgan fingerprint density at radius 1 is 1.39 bits per heavy atom. The van der Waals surface area contributed by atoms with Crippen LogP contribution in [0.15, 0.2) is 40.0 Å². The third kappa shape index (κ3) is 2.19. The van der Waals surface area contributed by atoms with E-state index in [9.17, 15) is 9.59 Å². The zero-order chi connectivity index (χ0) is 16.0. The molecule has 118 valence electrons. The molecule has 0 unspecified atom stereocenters. The number of nitrogens with zero attached hydrogens (tertiary/aromatic N) is 4. The summed E-state index contributed by atoms with van der Waals surface area (Å²) in [5, 5.41) is 3.77. The first-order valence-electron chi connectivity index (χ1n) is 7.50. The molecular formula is C16H16N4O2S. The van der Waals surface area contributed by atoms with Gasteiger partial charge in [-0.1, -0.05) is 0 Å². The lowest BCUT2D eigenvalue weighted by Gasteiger charge is -2.16. The fraction of sp³-hybridized carbons (Fsp3) is 0.312.